The third-order valence-electron chi connectivity index (χ3n) is 1.84. The molecule has 0 aliphatic rings. The highest BCUT2D eigenvalue weighted by Gasteiger charge is 2.19. The molecule has 25 heavy (non-hydrogen) atoms. The maximum absolute atomic E-state index is 12.1. The second-order valence-electron chi connectivity index (χ2n) is 3.56. The van der Waals surface area contributed by atoms with Crippen LogP contribution < -0.4 is 8.37 Å². The highest BCUT2D eigenvalue weighted by atomic mass is 33.8. The fraction of sp³-hybridized carbons (Fsp3) is 0. The van der Waals surface area contributed by atoms with Crippen LogP contribution in [0.15, 0.2) is 48.8 Å². The topological polar surface area (TPSA) is 119 Å². The van der Waals surface area contributed by atoms with E-state index in [1.165, 1.54) is 24.5 Å². The molecule has 2 atom stereocenters. The largest absolute Gasteiger partial charge is 0.372 e. The minimum atomic E-state index is -3.26. The zero-order valence-electron chi connectivity index (χ0n) is 12.0. The quantitative estimate of drug-likeness (QED) is 0.376. The van der Waals surface area contributed by atoms with E-state index in [1.54, 1.807) is 24.3 Å². The fourth-order valence-corrected chi connectivity index (χ4v) is 12.4. The third kappa shape index (κ3) is 9.69. The monoisotopic (exact) mass is 455 g/mol. The van der Waals surface area contributed by atoms with E-state index in [2.05, 4.69) is 9.97 Å². The molecule has 0 aliphatic carbocycles. The SMILES string of the molecule is N=C=O.O=S(=S)(Oc1ccccn1)SSS(=O)(=S)Oc1ccccn1. The van der Waals surface area contributed by atoms with Crippen molar-refractivity contribution in [1.82, 2.24) is 9.97 Å². The summed E-state index contributed by atoms with van der Waals surface area (Å²) in [4.78, 5) is 16.0. The summed E-state index contributed by atoms with van der Waals surface area (Å²) in [5, 5.41) is 5.40. The van der Waals surface area contributed by atoms with Crippen LogP contribution in [0, 0.1) is 5.41 Å². The van der Waals surface area contributed by atoms with Crippen molar-refractivity contribution in [1.29, 1.82) is 5.41 Å². The first kappa shape index (κ1) is 21.8. The predicted octanol–water partition coefficient (Wildman–Crippen LogP) is 2.37. The Morgan fingerprint density at radius 1 is 0.920 bits per heavy atom. The smallest absolute Gasteiger partial charge is 0.253 e. The molecule has 2 rings (SSSR count). The van der Waals surface area contributed by atoms with Gasteiger partial charge in [-0.15, -0.1) is 0 Å². The van der Waals surface area contributed by atoms with Gasteiger partial charge in [-0.25, -0.2) is 28.6 Å². The van der Waals surface area contributed by atoms with E-state index in [9.17, 15) is 8.42 Å². The summed E-state index contributed by atoms with van der Waals surface area (Å²) in [5.41, 5.74) is 0. The van der Waals surface area contributed by atoms with Crippen LogP contribution in [0.2, 0.25) is 0 Å². The summed E-state index contributed by atoms with van der Waals surface area (Å²) in [7, 11) is -5.38. The van der Waals surface area contributed by atoms with Gasteiger partial charge in [0.2, 0.25) is 17.8 Å². The number of rotatable bonds is 7. The van der Waals surface area contributed by atoms with Gasteiger partial charge in [0.25, 0.3) is 15.6 Å². The lowest BCUT2D eigenvalue weighted by Gasteiger charge is -2.09. The summed E-state index contributed by atoms with van der Waals surface area (Å²) in [6.07, 6.45) is 3.69. The van der Waals surface area contributed by atoms with Crippen molar-refractivity contribution in [2.24, 2.45) is 0 Å². The van der Waals surface area contributed by atoms with E-state index >= 15 is 0 Å². The van der Waals surface area contributed by atoms with Crippen LogP contribution in [-0.4, -0.2) is 24.5 Å². The number of hydrogen-bond donors (Lipinski definition) is 1. The van der Waals surface area contributed by atoms with Gasteiger partial charge in [-0.3, -0.25) is 0 Å². The lowest BCUT2D eigenvalue weighted by molar-refractivity contribution is 0.556. The van der Waals surface area contributed by atoms with Gasteiger partial charge in [-0.1, -0.05) is 12.1 Å². The molecule has 2 aromatic rings. The van der Waals surface area contributed by atoms with Crippen molar-refractivity contribution >= 4 is 63.7 Å². The van der Waals surface area contributed by atoms with Crippen LogP contribution in [0.3, 0.4) is 0 Å². The zero-order chi connectivity index (χ0) is 18.8. The molecule has 0 fully saturated rings. The molecule has 0 spiro atoms. The lowest BCUT2D eigenvalue weighted by atomic mass is 10.5. The Morgan fingerprint density at radius 2 is 1.28 bits per heavy atom. The van der Waals surface area contributed by atoms with Crippen molar-refractivity contribution < 1.29 is 21.6 Å². The number of carbonyl (C=O) groups excluding carboxylic acids is 1. The van der Waals surface area contributed by atoms with E-state index in [0.717, 1.165) is 6.08 Å². The average Bonchev–Trinajstić information content (AvgIpc) is 2.55. The number of nitrogens with zero attached hydrogens (tertiary/aromatic N) is 2. The molecule has 0 bridgehead atoms. The van der Waals surface area contributed by atoms with Gasteiger partial charge in [0.1, 0.15) is 0 Å². The Hall–Kier alpha value is -1.28. The number of hydrogen-bond acceptors (Lipinski definition) is 12. The summed E-state index contributed by atoms with van der Waals surface area (Å²) in [6, 6.07) is 9.68. The van der Waals surface area contributed by atoms with Crippen molar-refractivity contribution in [3.8, 4) is 11.8 Å². The van der Waals surface area contributed by atoms with Gasteiger partial charge in [-0.2, -0.15) is 0 Å². The summed E-state index contributed by atoms with van der Waals surface area (Å²) in [6.45, 7) is 0. The van der Waals surface area contributed by atoms with Crippen LogP contribution in [-0.2, 0) is 42.8 Å². The molecule has 0 amide bonds. The lowest BCUT2D eigenvalue weighted by Crippen LogP contribution is -2.06. The summed E-state index contributed by atoms with van der Waals surface area (Å²) in [5.74, 6) is 0.217. The van der Waals surface area contributed by atoms with Crippen LogP contribution >= 0.6 is 19.7 Å². The maximum Gasteiger partial charge on any atom is 0.253 e. The molecule has 0 saturated heterocycles. The first-order valence-electron chi connectivity index (χ1n) is 5.90. The summed E-state index contributed by atoms with van der Waals surface area (Å²) >= 11 is 9.65. The minimum Gasteiger partial charge on any atom is -0.372 e. The molecule has 14 heteroatoms. The molecule has 2 heterocycles. The predicted molar refractivity (Wildman–Crippen MR) is 104 cm³/mol. The van der Waals surface area contributed by atoms with E-state index < -0.39 is 15.6 Å². The highest BCUT2D eigenvalue weighted by molar-refractivity contribution is 9.28. The van der Waals surface area contributed by atoms with Gasteiger partial charge in [0.05, 0.1) is 19.7 Å². The molecular formula is C11H9N3O5S6. The molecule has 2 unspecified atom stereocenters. The van der Waals surface area contributed by atoms with Gasteiger partial charge in [0, 0.05) is 46.9 Å². The van der Waals surface area contributed by atoms with Crippen molar-refractivity contribution in [2.75, 3.05) is 0 Å². The van der Waals surface area contributed by atoms with Gasteiger partial charge in [-0.05, 0) is 12.1 Å². The Morgan fingerprint density at radius 3 is 1.56 bits per heavy atom. The normalized spacial score (nSPS) is 14.6. The van der Waals surface area contributed by atoms with E-state index in [1.807, 2.05) is 0 Å². The molecule has 1 N–H and O–H groups in total. The van der Waals surface area contributed by atoms with Gasteiger partial charge in [0.15, 0.2) is 0 Å². The van der Waals surface area contributed by atoms with Crippen LogP contribution in [0.5, 0.6) is 11.8 Å². The van der Waals surface area contributed by atoms with Crippen LogP contribution in [0.1, 0.15) is 0 Å². The molecule has 0 saturated carbocycles. The van der Waals surface area contributed by atoms with E-state index in [-0.39, 0.29) is 11.8 Å². The van der Waals surface area contributed by atoms with Crippen molar-refractivity contribution in [2.45, 2.75) is 0 Å². The van der Waals surface area contributed by atoms with Crippen molar-refractivity contribution in [3.63, 3.8) is 0 Å². The van der Waals surface area contributed by atoms with Crippen molar-refractivity contribution in [3.05, 3.63) is 48.8 Å². The Kier molecular flexibility index (Phi) is 9.27. The second kappa shape index (κ2) is 10.7. The summed E-state index contributed by atoms with van der Waals surface area (Å²) < 4.78 is 34.4. The maximum atomic E-state index is 12.1. The van der Waals surface area contributed by atoms with Gasteiger partial charge < -0.3 is 8.37 Å². The van der Waals surface area contributed by atoms with E-state index in [4.69, 9.17) is 40.9 Å². The zero-order valence-corrected chi connectivity index (χ0v) is 16.9. The number of isocyanates is 1. The first-order valence-corrected chi connectivity index (χ1v) is 13.9. The second-order valence-corrected chi connectivity index (χ2v) is 15.6. The molecular weight excluding hydrogens is 447 g/mol. The van der Waals surface area contributed by atoms with Crippen LogP contribution in [0.25, 0.3) is 0 Å². The molecule has 8 nitrogen and oxygen atoms in total. The standard InChI is InChI=1S/C10H8N2O4S6.CHNO/c13-21(17,15-9-5-1-3-7-11-9)19-20-22(14,18)16-10-6-2-4-8-12-10;2-1-3/h1-8H;2H. The third-order valence-corrected chi connectivity index (χ3v) is 13.0. The number of pyridine rings is 2. The molecule has 134 valence electrons. The molecule has 0 radical (unpaired) electrons. The highest BCUT2D eigenvalue weighted by Crippen LogP contribution is 2.36. The Labute approximate surface area is 160 Å². The molecule has 2 aromatic heterocycles. The van der Waals surface area contributed by atoms with Gasteiger partial charge >= 0.3 is 0 Å². The fourth-order valence-electron chi connectivity index (χ4n) is 1.10. The Balaban J connectivity index is 0.000000970. The first-order chi connectivity index (χ1) is 11.8. The molecule has 0 aliphatic heterocycles. The van der Waals surface area contributed by atoms with E-state index in [0.29, 0.717) is 19.7 Å². The number of nitrogens with one attached hydrogen (secondary N) is 1. The minimum absolute atomic E-state index is 0.108. The average molecular weight is 456 g/mol. The number of aromatic nitrogens is 2. The van der Waals surface area contributed by atoms with Crippen LogP contribution in [0.4, 0.5) is 0 Å². The molecule has 0 aromatic carbocycles. The Bertz CT molecular complexity index is 828.